The third kappa shape index (κ3) is 3.88. The van der Waals surface area contributed by atoms with Gasteiger partial charge in [0.15, 0.2) is 0 Å². The average molecular weight is 212 g/mol. The molecular weight excluding hydrogens is 195 g/mol. The van der Waals surface area contributed by atoms with Crippen LogP contribution in [0, 0.1) is 11.2 Å². The number of halogens is 1. The highest BCUT2D eigenvalue weighted by Gasteiger charge is 2.22. The molecule has 0 spiro atoms. The topological polar surface area (TPSA) is 29.5 Å². The van der Waals surface area contributed by atoms with Crippen LogP contribution in [-0.2, 0) is 0 Å². The minimum atomic E-state index is -0.569. The molecule has 0 heterocycles. The summed E-state index contributed by atoms with van der Waals surface area (Å²) in [5.41, 5.74) is -0.229. The largest absolute Gasteiger partial charge is 0.491 e. The molecule has 15 heavy (non-hydrogen) atoms. The fourth-order valence-corrected chi connectivity index (χ4v) is 0.982. The minimum Gasteiger partial charge on any atom is -0.491 e. The van der Waals surface area contributed by atoms with Gasteiger partial charge in [0.25, 0.3) is 0 Å². The lowest BCUT2D eigenvalue weighted by Gasteiger charge is -2.25. The van der Waals surface area contributed by atoms with E-state index in [-0.39, 0.29) is 17.8 Å². The van der Waals surface area contributed by atoms with Crippen molar-refractivity contribution in [2.24, 2.45) is 5.41 Å². The molecule has 1 aromatic carbocycles. The van der Waals surface area contributed by atoms with Crippen molar-refractivity contribution in [3.63, 3.8) is 0 Å². The van der Waals surface area contributed by atoms with Gasteiger partial charge in [0.05, 0.1) is 6.10 Å². The molecule has 0 aliphatic rings. The summed E-state index contributed by atoms with van der Waals surface area (Å²) in [4.78, 5) is 0. The Bertz CT molecular complexity index is 318. The third-order valence-corrected chi connectivity index (χ3v) is 2.20. The molecule has 0 aromatic heterocycles. The van der Waals surface area contributed by atoms with E-state index in [0.29, 0.717) is 5.75 Å². The highest BCUT2D eigenvalue weighted by atomic mass is 19.1. The zero-order chi connectivity index (χ0) is 11.5. The molecule has 0 saturated heterocycles. The van der Waals surface area contributed by atoms with E-state index in [0.717, 1.165) is 0 Å². The fraction of sp³-hybridized carbons (Fsp3) is 0.500. The molecule has 2 nitrogen and oxygen atoms in total. The van der Waals surface area contributed by atoms with Gasteiger partial charge < -0.3 is 9.84 Å². The summed E-state index contributed by atoms with van der Waals surface area (Å²) >= 11 is 0. The van der Waals surface area contributed by atoms with Gasteiger partial charge in [-0.3, -0.25) is 0 Å². The zero-order valence-corrected chi connectivity index (χ0v) is 9.33. The van der Waals surface area contributed by atoms with Crippen molar-refractivity contribution in [1.82, 2.24) is 0 Å². The molecule has 3 heteroatoms. The van der Waals surface area contributed by atoms with Gasteiger partial charge in [-0.2, -0.15) is 0 Å². The van der Waals surface area contributed by atoms with Crippen LogP contribution in [0.1, 0.15) is 20.8 Å². The molecule has 1 N–H and O–H groups in total. The summed E-state index contributed by atoms with van der Waals surface area (Å²) in [7, 11) is 0. The monoisotopic (exact) mass is 212 g/mol. The van der Waals surface area contributed by atoms with Gasteiger partial charge in [-0.05, 0) is 17.5 Å². The quantitative estimate of drug-likeness (QED) is 0.834. The standard InChI is InChI=1S/C12H17FO2/c1-12(2,3)11(14)8-15-10-6-4-5-9(13)7-10/h4-7,11,14H,8H2,1-3H3. The van der Waals surface area contributed by atoms with Crippen molar-refractivity contribution in [3.05, 3.63) is 30.1 Å². The van der Waals surface area contributed by atoms with Crippen molar-refractivity contribution in [3.8, 4) is 5.75 Å². The van der Waals surface area contributed by atoms with Gasteiger partial charge in [-0.15, -0.1) is 0 Å². The van der Waals surface area contributed by atoms with Crippen molar-refractivity contribution >= 4 is 0 Å². The molecule has 0 fully saturated rings. The zero-order valence-electron chi connectivity index (χ0n) is 9.33. The summed E-state index contributed by atoms with van der Waals surface area (Å²) < 4.78 is 18.1. The number of aliphatic hydroxyl groups excluding tert-OH is 1. The van der Waals surface area contributed by atoms with Crippen LogP contribution >= 0.6 is 0 Å². The Morgan fingerprint density at radius 3 is 2.60 bits per heavy atom. The van der Waals surface area contributed by atoms with E-state index in [9.17, 15) is 9.50 Å². The lowest BCUT2D eigenvalue weighted by atomic mass is 9.90. The summed E-state index contributed by atoms with van der Waals surface area (Å²) in [6, 6.07) is 5.90. The number of rotatable bonds is 3. The van der Waals surface area contributed by atoms with E-state index in [1.54, 1.807) is 12.1 Å². The first kappa shape index (κ1) is 12.0. The van der Waals surface area contributed by atoms with Gasteiger partial charge in [0, 0.05) is 6.07 Å². The van der Waals surface area contributed by atoms with Crippen LogP contribution in [0.4, 0.5) is 4.39 Å². The van der Waals surface area contributed by atoms with E-state index >= 15 is 0 Å². The van der Waals surface area contributed by atoms with Crippen molar-refractivity contribution < 1.29 is 14.2 Å². The van der Waals surface area contributed by atoms with E-state index in [1.807, 2.05) is 20.8 Å². The Kier molecular flexibility index (Phi) is 3.69. The Morgan fingerprint density at radius 2 is 2.07 bits per heavy atom. The molecule has 1 rings (SSSR count). The summed E-state index contributed by atoms with van der Waals surface area (Å²) in [6.07, 6.45) is -0.569. The molecule has 0 bridgehead atoms. The fourth-order valence-electron chi connectivity index (χ4n) is 0.982. The molecule has 0 saturated carbocycles. The maximum absolute atomic E-state index is 12.8. The van der Waals surface area contributed by atoms with Crippen molar-refractivity contribution in [1.29, 1.82) is 0 Å². The number of benzene rings is 1. The highest BCUT2D eigenvalue weighted by Crippen LogP contribution is 2.20. The molecular formula is C12H17FO2. The molecule has 1 aromatic rings. The SMILES string of the molecule is CC(C)(C)C(O)COc1cccc(F)c1. The van der Waals surface area contributed by atoms with E-state index in [1.165, 1.54) is 12.1 Å². The number of hydrogen-bond acceptors (Lipinski definition) is 2. The second-order valence-electron chi connectivity index (χ2n) is 4.65. The van der Waals surface area contributed by atoms with Gasteiger partial charge in [0.1, 0.15) is 18.2 Å². The first-order valence-electron chi connectivity index (χ1n) is 4.96. The first-order valence-corrected chi connectivity index (χ1v) is 4.96. The lowest BCUT2D eigenvalue weighted by Crippen LogP contribution is -2.31. The van der Waals surface area contributed by atoms with E-state index < -0.39 is 6.10 Å². The van der Waals surface area contributed by atoms with E-state index in [4.69, 9.17) is 4.74 Å². The number of ether oxygens (including phenoxy) is 1. The maximum Gasteiger partial charge on any atom is 0.126 e. The first-order chi connectivity index (χ1) is 6.89. The summed E-state index contributed by atoms with van der Waals surface area (Å²) in [5.74, 6) is 0.107. The van der Waals surface area contributed by atoms with Gasteiger partial charge >= 0.3 is 0 Å². The average Bonchev–Trinajstić information content (AvgIpc) is 2.12. The van der Waals surface area contributed by atoms with Crippen LogP contribution in [0.2, 0.25) is 0 Å². The van der Waals surface area contributed by atoms with Crippen LogP contribution in [0.3, 0.4) is 0 Å². The second-order valence-corrected chi connectivity index (χ2v) is 4.65. The Balaban J connectivity index is 2.51. The predicted molar refractivity (Wildman–Crippen MR) is 57.4 cm³/mol. The van der Waals surface area contributed by atoms with Gasteiger partial charge in [-0.1, -0.05) is 26.8 Å². The number of aliphatic hydroxyl groups is 1. The molecule has 0 aliphatic heterocycles. The lowest BCUT2D eigenvalue weighted by molar-refractivity contribution is 0.0217. The molecule has 0 amide bonds. The molecule has 0 radical (unpaired) electrons. The van der Waals surface area contributed by atoms with Crippen LogP contribution in [0.25, 0.3) is 0 Å². The Hall–Kier alpha value is -1.09. The second kappa shape index (κ2) is 4.62. The van der Waals surface area contributed by atoms with Crippen LogP contribution in [-0.4, -0.2) is 17.8 Å². The minimum absolute atomic E-state index is 0.174. The van der Waals surface area contributed by atoms with Gasteiger partial charge in [-0.25, -0.2) is 4.39 Å². The maximum atomic E-state index is 12.8. The van der Waals surface area contributed by atoms with Crippen LogP contribution < -0.4 is 4.74 Å². The Labute approximate surface area is 89.7 Å². The number of hydrogen-bond donors (Lipinski definition) is 1. The molecule has 0 aliphatic carbocycles. The Morgan fingerprint density at radius 1 is 1.40 bits per heavy atom. The van der Waals surface area contributed by atoms with E-state index in [2.05, 4.69) is 0 Å². The molecule has 84 valence electrons. The van der Waals surface area contributed by atoms with Crippen molar-refractivity contribution in [2.75, 3.05) is 6.61 Å². The van der Waals surface area contributed by atoms with Crippen LogP contribution in [0.5, 0.6) is 5.75 Å². The van der Waals surface area contributed by atoms with Gasteiger partial charge in [0.2, 0.25) is 0 Å². The van der Waals surface area contributed by atoms with Crippen molar-refractivity contribution in [2.45, 2.75) is 26.9 Å². The third-order valence-electron chi connectivity index (χ3n) is 2.20. The smallest absolute Gasteiger partial charge is 0.126 e. The summed E-state index contributed by atoms with van der Waals surface area (Å²) in [5, 5.41) is 9.70. The molecule has 1 atom stereocenters. The summed E-state index contributed by atoms with van der Waals surface area (Å²) in [6.45, 7) is 5.94. The molecule has 1 unspecified atom stereocenters. The normalized spacial score (nSPS) is 13.7. The highest BCUT2D eigenvalue weighted by molar-refractivity contribution is 5.22. The van der Waals surface area contributed by atoms with Crippen LogP contribution in [0.15, 0.2) is 24.3 Å². The predicted octanol–water partition coefficient (Wildman–Crippen LogP) is 2.61.